The molecule has 0 aliphatic carbocycles. The van der Waals surface area contributed by atoms with Crippen LogP contribution in [0.1, 0.15) is 0 Å². The van der Waals surface area contributed by atoms with Gasteiger partial charge in [-0.1, -0.05) is 78.9 Å². The Bertz CT molecular complexity index is 3600. The third kappa shape index (κ3) is 7.03. The minimum Gasteiger partial charge on any atom is -0.265 e. The van der Waals surface area contributed by atoms with Crippen LogP contribution in [0.15, 0.2) is 194 Å². The molecule has 6 heterocycles. The quantitative estimate of drug-likeness (QED) is 0.153. The Morgan fingerprint density at radius 2 is 0.806 bits per heavy atom. The van der Waals surface area contributed by atoms with Crippen molar-refractivity contribution in [2.24, 2.45) is 0 Å². The summed E-state index contributed by atoms with van der Waals surface area (Å²) in [5.74, 6) is 0. The Morgan fingerprint density at radius 3 is 1.45 bits per heavy atom. The lowest BCUT2D eigenvalue weighted by molar-refractivity contribution is 1.33. The van der Waals surface area contributed by atoms with Gasteiger partial charge in [0.05, 0.1) is 15.4 Å². The summed E-state index contributed by atoms with van der Waals surface area (Å²) in [5.41, 5.74) is 10.2. The van der Waals surface area contributed by atoms with Crippen molar-refractivity contribution in [1.29, 1.82) is 0 Å². The largest absolute Gasteiger partial charge is 0.265 e. The molecule has 0 radical (unpaired) electrons. The molecular weight excluding hydrogens is 833 g/mol. The first kappa shape index (κ1) is 36.9. The summed E-state index contributed by atoms with van der Waals surface area (Å²) in [6.07, 6.45) is 9.54. The molecule has 0 aliphatic heterocycles. The average Bonchev–Trinajstić information content (AvgIpc) is 4.19. The van der Waals surface area contributed by atoms with Crippen LogP contribution in [0.4, 0.5) is 0 Å². The van der Waals surface area contributed by atoms with Gasteiger partial charge in [0.2, 0.25) is 0 Å². The van der Waals surface area contributed by atoms with Crippen molar-refractivity contribution in [2.45, 2.75) is 0 Å². The number of benzene rings is 6. The fourth-order valence-electron chi connectivity index (χ4n) is 8.08. The van der Waals surface area contributed by atoms with Crippen molar-refractivity contribution in [1.82, 2.24) is 19.9 Å². The lowest BCUT2D eigenvalue weighted by Crippen LogP contribution is -1.85. The van der Waals surface area contributed by atoms with Gasteiger partial charge in [-0.3, -0.25) is 9.97 Å². The zero-order valence-corrected chi connectivity index (χ0v) is 36.2. The molecule has 0 fully saturated rings. The number of rotatable bonds is 8. The molecule has 0 amide bonds. The molecule has 0 spiro atoms. The molecule has 6 aromatic carbocycles. The fourth-order valence-corrected chi connectivity index (χ4v) is 11.7. The van der Waals surface area contributed by atoms with E-state index in [1.807, 2.05) is 54.5 Å². The molecule has 6 aromatic heterocycles. The molecule has 12 rings (SSSR count). The molecule has 0 aliphatic rings. The molecule has 62 heavy (non-hydrogen) atoms. The third-order valence-corrected chi connectivity index (χ3v) is 15.7. The van der Waals surface area contributed by atoms with Crippen LogP contribution in [0.5, 0.6) is 0 Å². The molecule has 0 N–H and O–H groups in total. The van der Waals surface area contributed by atoms with E-state index in [2.05, 4.69) is 156 Å². The number of nitrogens with zero attached hydrogens (tertiary/aromatic N) is 4. The Kier molecular flexibility index (Phi) is 9.22. The lowest BCUT2D eigenvalue weighted by atomic mass is 9.98. The monoisotopic (exact) mass is 864 g/mol. The van der Waals surface area contributed by atoms with Crippen LogP contribution < -0.4 is 0 Å². The normalized spacial score (nSPS) is 11.5. The zero-order valence-electron chi connectivity index (χ0n) is 32.9. The maximum atomic E-state index is 4.91. The molecule has 0 atom stereocenters. The first-order chi connectivity index (χ1) is 30.6. The maximum Gasteiger partial charge on any atom is 0.123 e. The van der Waals surface area contributed by atoms with E-state index in [0.717, 1.165) is 53.8 Å². The van der Waals surface area contributed by atoms with Crippen molar-refractivity contribution in [3.05, 3.63) is 194 Å². The summed E-state index contributed by atoms with van der Waals surface area (Å²) in [6, 6.07) is 57.1. The van der Waals surface area contributed by atoms with E-state index in [4.69, 9.17) is 15.0 Å². The molecule has 4 nitrogen and oxygen atoms in total. The Hall–Kier alpha value is -6.94. The zero-order chi connectivity index (χ0) is 41.0. The van der Waals surface area contributed by atoms with Crippen LogP contribution in [0.2, 0.25) is 0 Å². The van der Waals surface area contributed by atoms with E-state index in [9.17, 15) is 0 Å². The highest BCUT2D eigenvalue weighted by Crippen LogP contribution is 2.41. The lowest BCUT2D eigenvalue weighted by Gasteiger charge is -2.08. The molecule has 0 saturated carbocycles. The number of aromatic nitrogens is 4. The molecule has 292 valence electrons. The van der Waals surface area contributed by atoms with E-state index in [-0.39, 0.29) is 0 Å². The van der Waals surface area contributed by atoms with Crippen LogP contribution in [-0.2, 0) is 0 Å². The van der Waals surface area contributed by atoms with Gasteiger partial charge < -0.3 is 0 Å². The predicted molar refractivity (Wildman–Crippen MR) is 265 cm³/mol. The van der Waals surface area contributed by atoms with Gasteiger partial charge in [-0.05, 0) is 150 Å². The van der Waals surface area contributed by atoms with Gasteiger partial charge in [0, 0.05) is 56.7 Å². The van der Waals surface area contributed by atoms with Crippen LogP contribution >= 0.6 is 45.3 Å². The van der Waals surface area contributed by atoms with Gasteiger partial charge in [0.1, 0.15) is 10.0 Å². The van der Waals surface area contributed by atoms with Crippen LogP contribution in [0.25, 0.3) is 117 Å². The summed E-state index contributed by atoms with van der Waals surface area (Å²) in [4.78, 5) is 24.7. The summed E-state index contributed by atoms with van der Waals surface area (Å²) < 4.78 is 0. The SMILES string of the molecule is c1csc(-c2ccc3ccc(-c4ccc(-c5cnc(-c6ccc7ccc(-c8ncc(-c9cc(-c%10ccc%11ccc(-c%12ccncc%12)cc%11c%10)ccn9)s8)cc7c6)s5)s4)cc3c2)c1. The average molecular weight is 865 g/mol. The van der Waals surface area contributed by atoms with Crippen LogP contribution in [0.3, 0.4) is 0 Å². The number of fused-ring (bicyclic) bond motifs is 3. The highest BCUT2D eigenvalue weighted by Gasteiger charge is 2.14. The van der Waals surface area contributed by atoms with E-state index in [1.165, 1.54) is 63.1 Å². The van der Waals surface area contributed by atoms with E-state index in [1.54, 1.807) is 34.0 Å². The van der Waals surface area contributed by atoms with Crippen LogP contribution in [0, 0.1) is 0 Å². The van der Waals surface area contributed by atoms with Crippen molar-refractivity contribution in [3.8, 4) is 84.6 Å². The minimum absolute atomic E-state index is 0.915. The number of hydrogen-bond acceptors (Lipinski definition) is 8. The molecular formula is C54H32N4S4. The summed E-state index contributed by atoms with van der Waals surface area (Å²) >= 11 is 7.01. The third-order valence-electron chi connectivity index (χ3n) is 11.3. The second-order valence-corrected chi connectivity index (χ2v) is 19.3. The van der Waals surface area contributed by atoms with Crippen molar-refractivity contribution in [2.75, 3.05) is 0 Å². The summed E-state index contributed by atoms with van der Waals surface area (Å²) in [5, 5.41) is 11.4. The minimum atomic E-state index is 0.915. The number of pyridine rings is 2. The Morgan fingerprint density at radius 1 is 0.306 bits per heavy atom. The van der Waals surface area contributed by atoms with Crippen molar-refractivity contribution >= 4 is 77.7 Å². The van der Waals surface area contributed by atoms with Gasteiger partial charge >= 0.3 is 0 Å². The number of thiazole rings is 2. The van der Waals surface area contributed by atoms with E-state index >= 15 is 0 Å². The first-order valence-corrected chi connectivity index (χ1v) is 23.5. The van der Waals surface area contributed by atoms with Crippen molar-refractivity contribution in [3.63, 3.8) is 0 Å². The van der Waals surface area contributed by atoms with Gasteiger partial charge in [-0.2, -0.15) is 0 Å². The summed E-state index contributed by atoms with van der Waals surface area (Å²) in [7, 11) is 0. The Balaban J connectivity index is 0.784. The van der Waals surface area contributed by atoms with Gasteiger partial charge in [-0.15, -0.1) is 45.3 Å². The first-order valence-electron chi connectivity index (χ1n) is 20.2. The standard InChI is InChI=1S/C54H32N4S4/c1-2-48(59-23-1)40-11-5-34-6-12-41(27-45(34)26-40)49-15-16-50(60-49)52-32-58-54(62-52)43-14-8-35-7-13-42(28-46(35)29-43)53-57-31-51(61-53)47-30-39(19-22-56-47)38-10-4-33-3-9-37(24-44(33)25-38)36-17-20-55-21-18-36/h1-32H. The topological polar surface area (TPSA) is 51.6 Å². The predicted octanol–water partition coefficient (Wildman–Crippen LogP) is 16.3. The number of thiophene rings is 2. The van der Waals surface area contributed by atoms with Gasteiger partial charge in [0.25, 0.3) is 0 Å². The van der Waals surface area contributed by atoms with Crippen molar-refractivity contribution < 1.29 is 0 Å². The smallest absolute Gasteiger partial charge is 0.123 e. The number of hydrogen-bond donors (Lipinski definition) is 0. The maximum absolute atomic E-state index is 4.91. The summed E-state index contributed by atoms with van der Waals surface area (Å²) in [6.45, 7) is 0. The van der Waals surface area contributed by atoms with E-state index in [0.29, 0.717) is 0 Å². The van der Waals surface area contributed by atoms with Gasteiger partial charge in [0.15, 0.2) is 0 Å². The fraction of sp³-hybridized carbons (Fsp3) is 0. The molecule has 12 aromatic rings. The van der Waals surface area contributed by atoms with Crippen LogP contribution in [-0.4, -0.2) is 19.9 Å². The Labute approximate surface area is 373 Å². The second kappa shape index (κ2) is 15.5. The van der Waals surface area contributed by atoms with E-state index < -0.39 is 0 Å². The second-order valence-electron chi connectivity index (χ2n) is 15.2. The molecule has 0 saturated heterocycles. The highest BCUT2D eigenvalue weighted by molar-refractivity contribution is 7.25. The molecule has 0 unspecified atom stereocenters. The molecule has 0 bridgehead atoms. The highest BCUT2D eigenvalue weighted by atomic mass is 32.1. The molecule has 8 heteroatoms. The van der Waals surface area contributed by atoms with Gasteiger partial charge in [-0.25, -0.2) is 9.97 Å².